The summed E-state index contributed by atoms with van der Waals surface area (Å²) in [5.74, 6) is 0.266. The van der Waals surface area contributed by atoms with Gasteiger partial charge in [-0.15, -0.1) is 0 Å². The Labute approximate surface area is 74.2 Å². The van der Waals surface area contributed by atoms with Crippen LogP contribution in [0.2, 0.25) is 0 Å². The van der Waals surface area contributed by atoms with Gasteiger partial charge < -0.3 is 4.90 Å². The summed E-state index contributed by atoms with van der Waals surface area (Å²) < 4.78 is 0. The minimum Gasteiger partial charge on any atom is -0.377 e. The summed E-state index contributed by atoms with van der Waals surface area (Å²) in [6.07, 6.45) is 8.11. The highest BCUT2D eigenvalue weighted by molar-refractivity contribution is 5.90. The van der Waals surface area contributed by atoms with E-state index in [9.17, 15) is 4.79 Å². The molecule has 0 atom stereocenters. The Morgan fingerprint density at radius 1 is 1.50 bits per heavy atom. The summed E-state index contributed by atoms with van der Waals surface area (Å²) in [7, 11) is 0. The lowest BCUT2D eigenvalue weighted by atomic mass is 10.2. The van der Waals surface area contributed by atoms with E-state index in [4.69, 9.17) is 0 Å². The van der Waals surface area contributed by atoms with E-state index in [1.54, 1.807) is 6.08 Å². The summed E-state index contributed by atoms with van der Waals surface area (Å²) in [5, 5.41) is 0. The second-order valence-corrected chi connectivity index (χ2v) is 3.28. The van der Waals surface area contributed by atoms with E-state index >= 15 is 0 Å². The molecule has 0 aliphatic carbocycles. The molecule has 2 heteroatoms. The van der Waals surface area contributed by atoms with Gasteiger partial charge in [0.2, 0.25) is 0 Å². The monoisotopic (exact) mass is 167 g/mol. The van der Waals surface area contributed by atoms with Crippen molar-refractivity contribution in [2.75, 3.05) is 13.1 Å². The van der Waals surface area contributed by atoms with Crippen LogP contribution in [0.5, 0.6) is 0 Å². The van der Waals surface area contributed by atoms with Crippen LogP contribution < -0.4 is 0 Å². The lowest BCUT2D eigenvalue weighted by Gasteiger charge is -2.22. The fourth-order valence-corrected chi connectivity index (χ4v) is 1.35. The van der Waals surface area contributed by atoms with Gasteiger partial charge in [-0.05, 0) is 12.5 Å². The Kier molecular flexibility index (Phi) is 3.85. The zero-order valence-electron chi connectivity index (χ0n) is 7.75. The normalized spacial score (nSPS) is 17.1. The number of unbranched alkanes of at least 4 members (excludes halogenated alkanes) is 2. The van der Waals surface area contributed by atoms with Gasteiger partial charge in [-0.25, -0.2) is 0 Å². The number of hydrogen-bond donors (Lipinski definition) is 0. The van der Waals surface area contributed by atoms with E-state index in [1.807, 2.05) is 6.20 Å². The predicted molar refractivity (Wildman–Crippen MR) is 49.9 cm³/mol. The van der Waals surface area contributed by atoms with Crippen molar-refractivity contribution in [2.24, 2.45) is 0 Å². The van der Waals surface area contributed by atoms with Crippen LogP contribution in [0.4, 0.5) is 0 Å². The van der Waals surface area contributed by atoms with Crippen molar-refractivity contribution >= 4 is 5.78 Å². The molecule has 0 amide bonds. The minimum atomic E-state index is 0.266. The molecule has 0 bridgehead atoms. The van der Waals surface area contributed by atoms with Crippen LogP contribution in [-0.4, -0.2) is 23.8 Å². The van der Waals surface area contributed by atoms with Gasteiger partial charge in [-0.2, -0.15) is 0 Å². The third-order valence-electron chi connectivity index (χ3n) is 2.17. The van der Waals surface area contributed by atoms with Gasteiger partial charge in [0, 0.05) is 25.7 Å². The lowest BCUT2D eigenvalue weighted by molar-refractivity contribution is -0.115. The average Bonchev–Trinajstić information content (AvgIpc) is 2.09. The van der Waals surface area contributed by atoms with Gasteiger partial charge in [-0.3, -0.25) is 4.79 Å². The number of allylic oxidation sites excluding steroid dienone is 1. The number of hydrogen-bond acceptors (Lipinski definition) is 2. The Morgan fingerprint density at radius 2 is 2.33 bits per heavy atom. The Hall–Kier alpha value is -0.790. The Balaban J connectivity index is 2.17. The largest absolute Gasteiger partial charge is 0.377 e. The van der Waals surface area contributed by atoms with Crippen molar-refractivity contribution < 1.29 is 4.79 Å². The average molecular weight is 167 g/mol. The molecule has 12 heavy (non-hydrogen) atoms. The van der Waals surface area contributed by atoms with Crippen molar-refractivity contribution in [2.45, 2.75) is 32.6 Å². The molecule has 1 rings (SSSR count). The minimum absolute atomic E-state index is 0.266. The molecule has 1 heterocycles. The van der Waals surface area contributed by atoms with E-state index in [0.29, 0.717) is 6.42 Å². The Bertz CT molecular complexity index is 175. The van der Waals surface area contributed by atoms with Crippen molar-refractivity contribution in [1.82, 2.24) is 4.90 Å². The zero-order valence-corrected chi connectivity index (χ0v) is 7.75. The molecule has 0 aromatic heterocycles. The van der Waals surface area contributed by atoms with Crippen LogP contribution >= 0.6 is 0 Å². The molecule has 0 saturated heterocycles. The van der Waals surface area contributed by atoms with Crippen molar-refractivity contribution in [3.63, 3.8) is 0 Å². The highest BCUT2D eigenvalue weighted by Gasteiger charge is 2.07. The van der Waals surface area contributed by atoms with Crippen LogP contribution in [0, 0.1) is 0 Å². The molecule has 2 nitrogen and oxygen atoms in total. The van der Waals surface area contributed by atoms with Gasteiger partial charge in [0.15, 0.2) is 5.78 Å². The zero-order chi connectivity index (χ0) is 8.81. The molecule has 0 saturated carbocycles. The van der Waals surface area contributed by atoms with Gasteiger partial charge in [0.1, 0.15) is 0 Å². The van der Waals surface area contributed by atoms with E-state index < -0.39 is 0 Å². The maximum Gasteiger partial charge on any atom is 0.158 e. The third-order valence-corrected chi connectivity index (χ3v) is 2.17. The van der Waals surface area contributed by atoms with E-state index in [1.165, 1.54) is 19.3 Å². The van der Waals surface area contributed by atoms with Gasteiger partial charge in [0.05, 0.1) is 0 Å². The molecule has 0 N–H and O–H groups in total. The first-order chi connectivity index (χ1) is 5.83. The maximum absolute atomic E-state index is 10.8. The molecular formula is C10H17NO. The predicted octanol–water partition coefficient (Wildman–Crippen LogP) is 1.97. The fourth-order valence-electron chi connectivity index (χ4n) is 1.35. The topological polar surface area (TPSA) is 20.3 Å². The SMILES string of the molecule is CCCCCN1C=CC(=O)CC1. The van der Waals surface area contributed by atoms with Gasteiger partial charge >= 0.3 is 0 Å². The van der Waals surface area contributed by atoms with Gasteiger partial charge in [-0.1, -0.05) is 19.8 Å². The molecular weight excluding hydrogens is 150 g/mol. The Morgan fingerprint density at radius 3 is 2.92 bits per heavy atom. The number of carbonyl (C=O) groups excluding carboxylic acids is 1. The summed E-state index contributed by atoms with van der Waals surface area (Å²) >= 11 is 0. The fraction of sp³-hybridized carbons (Fsp3) is 0.700. The highest BCUT2D eigenvalue weighted by Crippen LogP contribution is 2.05. The summed E-state index contributed by atoms with van der Waals surface area (Å²) in [6, 6.07) is 0. The smallest absolute Gasteiger partial charge is 0.158 e. The molecule has 0 fully saturated rings. The van der Waals surface area contributed by atoms with Crippen LogP contribution in [0.3, 0.4) is 0 Å². The number of rotatable bonds is 4. The number of nitrogens with zero attached hydrogens (tertiary/aromatic N) is 1. The summed E-state index contributed by atoms with van der Waals surface area (Å²) in [5.41, 5.74) is 0. The number of ketones is 1. The van der Waals surface area contributed by atoms with Gasteiger partial charge in [0.25, 0.3) is 0 Å². The molecule has 0 aromatic carbocycles. The molecule has 68 valence electrons. The van der Waals surface area contributed by atoms with E-state index in [-0.39, 0.29) is 5.78 Å². The second kappa shape index (κ2) is 4.96. The van der Waals surface area contributed by atoms with Crippen LogP contribution in [0.1, 0.15) is 32.6 Å². The van der Waals surface area contributed by atoms with Crippen LogP contribution in [0.15, 0.2) is 12.3 Å². The molecule has 1 aliphatic rings. The second-order valence-electron chi connectivity index (χ2n) is 3.28. The molecule has 1 aliphatic heterocycles. The van der Waals surface area contributed by atoms with E-state index in [2.05, 4.69) is 11.8 Å². The lowest BCUT2D eigenvalue weighted by Crippen LogP contribution is -2.25. The van der Waals surface area contributed by atoms with Crippen molar-refractivity contribution in [3.05, 3.63) is 12.3 Å². The highest BCUT2D eigenvalue weighted by atomic mass is 16.1. The first-order valence-corrected chi connectivity index (χ1v) is 4.78. The molecule has 0 radical (unpaired) electrons. The first kappa shape index (κ1) is 9.30. The third kappa shape index (κ3) is 3.07. The quantitative estimate of drug-likeness (QED) is 0.597. The van der Waals surface area contributed by atoms with Crippen LogP contribution in [0.25, 0.3) is 0 Å². The van der Waals surface area contributed by atoms with E-state index in [0.717, 1.165) is 13.1 Å². The van der Waals surface area contributed by atoms with Crippen molar-refractivity contribution in [1.29, 1.82) is 0 Å². The molecule has 0 aromatic rings. The standard InChI is InChI=1S/C10H17NO/c1-2-3-4-7-11-8-5-10(12)6-9-11/h5,8H,2-4,6-7,9H2,1H3. The maximum atomic E-state index is 10.8. The van der Waals surface area contributed by atoms with Crippen LogP contribution in [-0.2, 0) is 4.79 Å². The number of carbonyl (C=O) groups is 1. The van der Waals surface area contributed by atoms with Crippen molar-refractivity contribution in [3.8, 4) is 0 Å². The molecule has 0 unspecified atom stereocenters. The summed E-state index contributed by atoms with van der Waals surface area (Å²) in [4.78, 5) is 13.1. The first-order valence-electron chi connectivity index (χ1n) is 4.78. The molecule has 0 spiro atoms. The summed E-state index contributed by atoms with van der Waals surface area (Å²) in [6.45, 7) is 4.23.